The molecule has 0 aliphatic heterocycles. The Balaban J connectivity index is 2.28. The summed E-state index contributed by atoms with van der Waals surface area (Å²) in [6, 6.07) is 8.48. The van der Waals surface area contributed by atoms with E-state index in [-0.39, 0.29) is 11.4 Å². The van der Waals surface area contributed by atoms with E-state index in [0.29, 0.717) is 5.75 Å². The molecule has 0 saturated carbocycles. The highest BCUT2D eigenvalue weighted by molar-refractivity contribution is 9.10. The molecule has 0 aliphatic rings. The van der Waals surface area contributed by atoms with Crippen LogP contribution in [0.2, 0.25) is 0 Å². The summed E-state index contributed by atoms with van der Waals surface area (Å²) < 4.78 is 19.9. The van der Waals surface area contributed by atoms with Gasteiger partial charge < -0.3 is 4.74 Å². The number of nitro benzene ring substituents is 1. The van der Waals surface area contributed by atoms with Gasteiger partial charge in [0, 0.05) is 10.5 Å². The van der Waals surface area contributed by atoms with Crippen LogP contribution >= 0.6 is 15.9 Å². The average Bonchev–Trinajstić information content (AvgIpc) is 2.36. The number of halogens is 2. The maximum atomic E-state index is 13.6. The van der Waals surface area contributed by atoms with Gasteiger partial charge in [-0.05, 0) is 36.8 Å². The number of ether oxygens (including phenoxy) is 1. The molecule has 0 aromatic heterocycles. The molecule has 0 amide bonds. The Labute approximate surface area is 117 Å². The van der Waals surface area contributed by atoms with Crippen molar-refractivity contribution in [3.05, 3.63) is 62.4 Å². The van der Waals surface area contributed by atoms with Crippen molar-refractivity contribution in [3.8, 4) is 11.5 Å². The summed E-state index contributed by atoms with van der Waals surface area (Å²) >= 11 is 3.35. The van der Waals surface area contributed by atoms with Crippen LogP contribution in [-0.4, -0.2) is 4.92 Å². The zero-order valence-electron chi connectivity index (χ0n) is 9.89. The first kappa shape index (κ1) is 13.5. The number of nitrogens with zero attached hydrogens (tertiary/aromatic N) is 1. The second-order valence-corrected chi connectivity index (χ2v) is 4.74. The van der Waals surface area contributed by atoms with E-state index >= 15 is 0 Å². The summed E-state index contributed by atoms with van der Waals surface area (Å²) in [4.78, 5) is 9.84. The molecule has 0 spiro atoms. The van der Waals surface area contributed by atoms with E-state index in [9.17, 15) is 14.5 Å². The molecule has 0 aliphatic carbocycles. The van der Waals surface area contributed by atoms with E-state index in [1.165, 1.54) is 12.1 Å². The highest BCUT2D eigenvalue weighted by atomic mass is 79.9. The minimum atomic E-state index is -0.769. The van der Waals surface area contributed by atoms with Crippen molar-refractivity contribution in [2.75, 3.05) is 0 Å². The largest absolute Gasteiger partial charge is 0.454 e. The van der Waals surface area contributed by atoms with Crippen molar-refractivity contribution in [1.29, 1.82) is 0 Å². The van der Waals surface area contributed by atoms with Crippen LogP contribution in [-0.2, 0) is 0 Å². The second-order valence-electron chi connectivity index (χ2n) is 3.88. The monoisotopic (exact) mass is 325 g/mol. The Bertz CT molecular complexity index is 646. The van der Waals surface area contributed by atoms with Gasteiger partial charge in [-0.15, -0.1) is 0 Å². The maximum absolute atomic E-state index is 13.6. The lowest BCUT2D eigenvalue weighted by Gasteiger charge is -2.08. The van der Waals surface area contributed by atoms with Crippen molar-refractivity contribution >= 4 is 21.6 Å². The predicted molar refractivity (Wildman–Crippen MR) is 72.0 cm³/mol. The first-order valence-corrected chi connectivity index (χ1v) is 6.14. The number of aryl methyl sites for hydroxylation is 1. The molecule has 2 aromatic rings. The molecule has 0 saturated heterocycles. The molecule has 0 bridgehead atoms. The molecular formula is C13H9BrFNO3. The minimum Gasteiger partial charge on any atom is -0.454 e. The Hall–Kier alpha value is -1.95. The molecule has 0 N–H and O–H groups in total. The molecule has 0 atom stereocenters. The molecule has 2 rings (SSSR count). The van der Waals surface area contributed by atoms with Gasteiger partial charge in [-0.3, -0.25) is 10.1 Å². The highest BCUT2D eigenvalue weighted by Crippen LogP contribution is 2.29. The molecule has 6 heteroatoms. The minimum absolute atomic E-state index is 0.0488. The molecule has 4 nitrogen and oxygen atoms in total. The number of non-ortho nitro benzene ring substituents is 1. The van der Waals surface area contributed by atoms with Gasteiger partial charge in [-0.2, -0.15) is 0 Å². The Kier molecular flexibility index (Phi) is 3.80. The number of rotatable bonds is 3. The molecule has 0 fully saturated rings. The van der Waals surface area contributed by atoms with Crippen molar-refractivity contribution in [3.63, 3.8) is 0 Å². The Morgan fingerprint density at radius 2 is 2.00 bits per heavy atom. The van der Waals surface area contributed by atoms with Crippen LogP contribution in [0.25, 0.3) is 0 Å². The van der Waals surface area contributed by atoms with Gasteiger partial charge in [0.2, 0.25) is 0 Å². The SMILES string of the molecule is Cc1cc(Oc2ccc([N+](=O)[O-])cc2F)ccc1Br. The second kappa shape index (κ2) is 5.36. The molecular weight excluding hydrogens is 317 g/mol. The first-order valence-electron chi connectivity index (χ1n) is 5.35. The van der Waals surface area contributed by atoms with Crippen LogP contribution in [0, 0.1) is 22.9 Å². The molecule has 98 valence electrons. The van der Waals surface area contributed by atoms with E-state index < -0.39 is 10.7 Å². The summed E-state index contributed by atoms with van der Waals surface area (Å²) in [5, 5.41) is 10.5. The number of hydrogen-bond donors (Lipinski definition) is 0. The lowest BCUT2D eigenvalue weighted by Crippen LogP contribution is -1.92. The lowest BCUT2D eigenvalue weighted by atomic mass is 10.2. The van der Waals surface area contributed by atoms with Crippen molar-refractivity contribution in [1.82, 2.24) is 0 Å². The summed E-state index contributed by atoms with van der Waals surface area (Å²) in [7, 11) is 0. The van der Waals surface area contributed by atoms with Crippen LogP contribution in [0.4, 0.5) is 10.1 Å². The van der Waals surface area contributed by atoms with E-state index in [2.05, 4.69) is 15.9 Å². The number of benzene rings is 2. The van der Waals surface area contributed by atoms with E-state index in [1.54, 1.807) is 18.2 Å². The van der Waals surface area contributed by atoms with E-state index in [0.717, 1.165) is 16.1 Å². The van der Waals surface area contributed by atoms with Crippen LogP contribution in [0.15, 0.2) is 40.9 Å². The molecule has 19 heavy (non-hydrogen) atoms. The predicted octanol–water partition coefficient (Wildman–Crippen LogP) is 4.60. The number of nitro groups is 1. The topological polar surface area (TPSA) is 52.4 Å². The fourth-order valence-electron chi connectivity index (χ4n) is 1.49. The smallest absolute Gasteiger partial charge is 0.272 e. The van der Waals surface area contributed by atoms with Crippen LogP contribution < -0.4 is 4.74 Å². The Morgan fingerprint density at radius 1 is 1.26 bits per heavy atom. The van der Waals surface area contributed by atoms with E-state index in [1.807, 2.05) is 6.92 Å². The quantitative estimate of drug-likeness (QED) is 0.612. The standard InChI is InChI=1S/C13H9BrFNO3/c1-8-6-10(3-4-11(8)14)19-13-5-2-9(16(17)18)7-12(13)15/h2-7H,1H3. The third-order valence-corrected chi connectivity index (χ3v) is 3.37. The van der Waals surface area contributed by atoms with Gasteiger partial charge in [-0.25, -0.2) is 4.39 Å². The van der Waals surface area contributed by atoms with Crippen LogP contribution in [0.3, 0.4) is 0 Å². The van der Waals surface area contributed by atoms with Gasteiger partial charge in [0.25, 0.3) is 5.69 Å². The third kappa shape index (κ3) is 3.08. The summed E-state index contributed by atoms with van der Waals surface area (Å²) in [5.74, 6) is -0.351. The Morgan fingerprint density at radius 3 is 2.58 bits per heavy atom. The van der Waals surface area contributed by atoms with Gasteiger partial charge in [-0.1, -0.05) is 15.9 Å². The fourth-order valence-corrected chi connectivity index (χ4v) is 1.74. The van der Waals surface area contributed by atoms with Gasteiger partial charge >= 0.3 is 0 Å². The molecule has 0 radical (unpaired) electrons. The molecule has 0 heterocycles. The molecule has 0 unspecified atom stereocenters. The van der Waals surface area contributed by atoms with Gasteiger partial charge in [0.15, 0.2) is 11.6 Å². The zero-order valence-corrected chi connectivity index (χ0v) is 11.5. The first-order chi connectivity index (χ1) is 8.97. The van der Waals surface area contributed by atoms with Gasteiger partial charge in [0.05, 0.1) is 11.0 Å². The van der Waals surface area contributed by atoms with Crippen LogP contribution in [0.1, 0.15) is 5.56 Å². The van der Waals surface area contributed by atoms with Gasteiger partial charge in [0.1, 0.15) is 5.75 Å². The van der Waals surface area contributed by atoms with Crippen LogP contribution in [0.5, 0.6) is 11.5 Å². The number of hydrogen-bond acceptors (Lipinski definition) is 3. The summed E-state index contributed by atoms with van der Waals surface area (Å²) in [5.41, 5.74) is 0.636. The zero-order chi connectivity index (χ0) is 14.0. The molecule has 2 aromatic carbocycles. The summed E-state index contributed by atoms with van der Waals surface area (Å²) in [6.07, 6.45) is 0. The highest BCUT2D eigenvalue weighted by Gasteiger charge is 2.12. The maximum Gasteiger partial charge on any atom is 0.272 e. The van der Waals surface area contributed by atoms with E-state index in [4.69, 9.17) is 4.74 Å². The van der Waals surface area contributed by atoms with Crippen molar-refractivity contribution < 1.29 is 14.1 Å². The van der Waals surface area contributed by atoms with Crippen molar-refractivity contribution in [2.24, 2.45) is 0 Å². The normalized spacial score (nSPS) is 10.3. The fraction of sp³-hybridized carbons (Fsp3) is 0.0769. The average molecular weight is 326 g/mol. The third-order valence-electron chi connectivity index (χ3n) is 2.48. The summed E-state index contributed by atoms with van der Waals surface area (Å²) in [6.45, 7) is 1.88. The lowest BCUT2D eigenvalue weighted by molar-refractivity contribution is -0.385. The van der Waals surface area contributed by atoms with Crippen molar-refractivity contribution in [2.45, 2.75) is 6.92 Å².